The van der Waals surface area contributed by atoms with E-state index in [0.717, 1.165) is 44.8 Å². The monoisotopic (exact) mass is 786 g/mol. The minimum absolute atomic E-state index is 0.0530. The summed E-state index contributed by atoms with van der Waals surface area (Å²) >= 11 is 3.53. The van der Waals surface area contributed by atoms with Crippen LogP contribution in [0, 0.1) is 6.92 Å². The number of hydrogen-bond donors (Lipinski definition) is 4. The van der Waals surface area contributed by atoms with Gasteiger partial charge in [-0.1, -0.05) is 94.3 Å². The molecule has 0 saturated heterocycles. The average Bonchev–Trinajstić information content (AvgIpc) is 3.18. The van der Waals surface area contributed by atoms with Crippen molar-refractivity contribution < 1.29 is 28.7 Å². The Bertz CT molecular complexity index is 1690. The Balaban J connectivity index is 0.000000847. The van der Waals surface area contributed by atoms with E-state index < -0.39 is 0 Å². The van der Waals surface area contributed by atoms with Gasteiger partial charge in [0.25, 0.3) is 5.91 Å². The second kappa shape index (κ2) is 29.9. The molecule has 10 nitrogen and oxygen atoms in total. The Morgan fingerprint density at radius 1 is 0.774 bits per heavy atom. The summed E-state index contributed by atoms with van der Waals surface area (Å²) in [5.74, 6) is 1.54. The first-order chi connectivity index (χ1) is 25.6. The van der Waals surface area contributed by atoms with Crippen LogP contribution in [0.5, 0.6) is 11.5 Å². The third-order valence-corrected chi connectivity index (χ3v) is 7.15. The van der Waals surface area contributed by atoms with Crippen LogP contribution < -0.4 is 31.2 Å². The highest BCUT2D eigenvalue weighted by Crippen LogP contribution is 2.21. The number of nitrogens with one attached hydrogen (secondary N) is 3. The van der Waals surface area contributed by atoms with Crippen LogP contribution in [0.3, 0.4) is 0 Å². The van der Waals surface area contributed by atoms with Gasteiger partial charge in [0.1, 0.15) is 18.3 Å². The first kappa shape index (κ1) is 47.2. The van der Waals surface area contributed by atoms with Crippen LogP contribution in [-0.4, -0.2) is 53.8 Å². The molecule has 0 heterocycles. The Labute approximate surface area is 322 Å². The summed E-state index contributed by atoms with van der Waals surface area (Å²) in [6.07, 6.45) is 1.64. The van der Waals surface area contributed by atoms with E-state index in [2.05, 4.69) is 56.7 Å². The zero-order chi connectivity index (χ0) is 39.9. The van der Waals surface area contributed by atoms with Gasteiger partial charge in [-0.2, -0.15) is 0 Å². The molecule has 0 spiro atoms. The lowest BCUT2D eigenvalue weighted by atomic mass is 10.0. The number of aryl methyl sites for hydroxylation is 1. The maximum absolute atomic E-state index is 12.7. The minimum atomic E-state index is -0.0800. The lowest BCUT2D eigenvalue weighted by Crippen LogP contribution is -2.26. The van der Waals surface area contributed by atoms with Gasteiger partial charge < -0.3 is 36.0 Å². The first-order valence-electron chi connectivity index (χ1n) is 16.3. The number of carbonyl (C=O) groups excluding carboxylic acids is 4. The standard InChI is InChI=1S/C23H22BrNO2.C8H9NO2.C7H8.C2H7N.CH3NO.CH2O/c1-16(19-6-4-3-5-7-19)25-23(26)20-13-18(14-21(24)15-20)12-17-8-10-22(27-2)11-9-17;1-11-8-4-2-7(3-5-8)9-6-10;1-7-5-3-2-4-6-7;1-3-2;2-1-3;1-2/h3-11,13-16H,12H2,1-2H3,(H,25,26);2-6H,1H3,(H,9,10);2-6H,1H3;3H,1-2H3;1H,(H2,2,3);1H2. The maximum atomic E-state index is 12.7. The van der Waals surface area contributed by atoms with Gasteiger partial charge in [0.2, 0.25) is 12.8 Å². The quantitative estimate of drug-likeness (QED) is 0.113. The molecule has 53 heavy (non-hydrogen) atoms. The second-order valence-corrected chi connectivity index (χ2v) is 11.7. The second-order valence-electron chi connectivity index (χ2n) is 10.8. The number of carbonyl (C=O) groups is 4. The molecule has 0 aliphatic heterocycles. The van der Waals surface area contributed by atoms with Crippen molar-refractivity contribution in [2.24, 2.45) is 5.73 Å². The van der Waals surface area contributed by atoms with Gasteiger partial charge in [0.15, 0.2) is 0 Å². The SMILES string of the molecule is C=O.CNC.COc1ccc(Cc2cc(Br)cc(C(=O)NC(C)c3ccccc3)c2)cc1.COc1ccc(NC=O)cc1.Cc1ccccc1.NC=O. The summed E-state index contributed by atoms with van der Waals surface area (Å²) in [7, 11) is 7.01. The van der Waals surface area contributed by atoms with E-state index in [9.17, 15) is 9.59 Å². The zero-order valence-corrected chi connectivity index (χ0v) is 32.8. The first-order valence-corrected chi connectivity index (χ1v) is 17.1. The van der Waals surface area contributed by atoms with Crippen LogP contribution in [0.1, 0.15) is 45.6 Å². The van der Waals surface area contributed by atoms with Crippen molar-refractivity contribution in [2.45, 2.75) is 26.3 Å². The number of benzene rings is 5. The van der Waals surface area contributed by atoms with Crippen LogP contribution in [0.15, 0.2) is 132 Å². The summed E-state index contributed by atoms with van der Waals surface area (Å²) in [4.78, 5) is 39.3. The molecule has 11 heteroatoms. The molecule has 0 aliphatic rings. The number of anilines is 1. The molecule has 5 rings (SSSR count). The Hall–Kier alpha value is -5.78. The van der Waals surface area contributed by atoms with Gasteiger partial charge in [-0.15, -0.1) is 0 Å². The van der Waals surface area contributed by atoms with Gasteiger partial charge in [-0.05, 0) is 106 Å². The van der Waals surface area contributed by atoms with Gasteiger partial charge in [0, 0.05) is 15.7 Å². The van der Waals surface area contributed by atoms with E-state index in [1.807, 2.05) is 119 Å². The fourth-order valence-corrected chi connectivity index (χ4v) is 4.80. The third-order valence-electron chi connectivity index (χ3n) is 6.69. The van der Waals surface area contributed by atoms with Crippen molar-refractivity contribution in [3.8, 4) is 11.5 Å². The maximum Gasteiger partial charge on any atom is 0.251 e. The van der Waals surface area contributed by atoms with Crippen LogP contribution in [0.2, 0.25) is 0 Å². The molecule has 5 aromatic rings. The summed E-state index contributed by atoms with van der Waals surface area (Å²) in [5, 5.41) is 8.34. The van der Waals surface area contributed by atoms with Crippen LogP contribution in [0.25, 0.3) is 0 Å². The summed E-state index contributed by atoms with van der Waals surface area (Å²) in [6, 6.07) is 41.1. The van der Waals surface area contributed by atoms with Crippen molar-refractivity contribution in [3.63, 3.8) is 0 Å². The minimum Gasteiger partial charge on any atom is -0.497 e. The van der Waals surface area contributed by atoms with Crippen molar-refractivity contribution in [1.29, 1.82) is 0 Å². The van der Waals surface area contributed by atoms with Crippen LogP contribution in [0.4, 0.5) is 5.69 Å². The van der Waals surface area contributed by atoms with Crippen molar-refractivity contribution in [1.82, 2.24) is 10.6 Å². The van der Waals surface area contributed by atoms with Crippen molar-refractivity contribution in [3.05, 3.63) is 160 Å². The Morgan fingerprint density at radius 2 is 1.25 bits per heavy atom. The van der Waals surface area contributed by atoms with Gasteiger partial charge in [0.05, 0.1) is 20.3 Å². The molecule has 5 aromatic carbocycles. The number of primary amides is 1. The zero-order valence-electron chi connectivity index (χ0n) is 31.2. The highest BCUT2D eigenvalue weighted by atomic mass is 79.9. The molecular formula is C42H51BrN4O6. The molecule has 282 valence electrons. The molecular weight excluding hydrogens is 736 g/mol. The number of halogens is 1. The number of nitrogens with two attached hydrogens (primary N) is 1. The highest BCUT2D eigenvalue weighted by molar-refractivity contribution is 9.10. The molecule has 0 radical (unpaired) electrons. The van der Waals surface area contributed by atoms with E-state index in [4.69, 9.17) is 19.1 Å². The lowest BCUT2D eigenvalue weighted by Gasteiger charge is -2.15. The molecule has 0 aromatic heterocycles. The van der Waals surface area contributed by atoms with Crippen molar-refractivity contribution in [2.75, 3.05) is 33.6 Å². The predicted octanol–water partition coefficient (Wildman–Crippen LogP) is 7.55. The summed E-state index contributed by atoms with van der Waals surface area (Å²) < 4.78 is 11.0. The van der Waals surface area contributed by atoms with Crippen molar-refractivity contribution >= 4 is 47.1 Å². The predicted molar refractivity (Wildman–Crippen MR) is 218 cm³/mol. The Morgan fingerprint density at radius 3 is 1.68 bits per heavy atom. The largest absolute Gasteiger partial charge is 0.497 e. The fraction of sp³-hybridized carbons (Fsp3) is 0.190. The molecule has 3 amide bonds. The normalized spacial score (nSPS) is 9.57. The van der Waals surface area contributed by atoms with E-state index in [1.54, 1.807) is 38.5 Å². The van der Waals surface area contributed by atoms with Crippen LogP contribution >= 0.6 is 15.9 Å². The molecule has 0 saturated carbocycles. The lowest BCUT2D eigenvalue weighted by molar-refractivity contribution is -0.107. The van der Waals surface area contributed by atoms with E-state index in [-0.39, 0.29) is 18.4 Å². The van der Waals surface area contributed by atoms with E-state index in [0.29, 0.717) is 12.0 Å². The molecule has 5 N–H and O–H groups in total. The summed E-state index contributed by atoms with van der Waals surface area (Å²) in [6.45, 7) is 6.07. The fourth-order valence-electron chi connectivity index (χ4n) is 4.26. The van der Waals surface area contributed by atoms with Crippen LogP contribution in [-0.2, 0) is 20.8 Å². The summed E-state index contributed by atoms with van der Waals surface area (Å²) in [5.41, 5.74) is 10.2. The topological polar surface area (TPSA) is 149 Å². The number of amides is 3. The molecule has 1 unspecified atom stereocenters. The third kappa shape index (κ3) is 21.2. The molecule has 1 atom stereocenters. The van der Waals surface area contributed by atoms with Gasteiger partial charge in [-0.3, -0.25) is 14.4 Å². The van der Waals surface area contributed by atoms with E-state index in [1.165, 1.54) is 5.56 Å². The van der Waals surface area contributed by atoms with Gasteiger partial charge in [-0.25, -0.2) is 0 Å². The molecule has 0 fully saturated rings. The van der Waals surface area contributed by atoms with Gasteiger partial charge >= 0.3 is 0 Å². The molecule has 0 aliphatic carbocycles. The number of hydrogen-bond acceptors (Lipinski definition) is 7. The number of rotatable bonds is 9. The smallest absolute Gasteiger partial charge is 0.251 e. The van der Waals surface area contributed by atoms with E-state index >= 15 is 0 Å². The average molecular weight is 788 g/mol. The highest BCUT2D eigenvalue weighted by Gasteiger charge is 2.13. The number of ether oxygens (including phenoxy) is 2. The molecule has 0 bridgehead atoms. The number of methoxy groups -OCH3 is 2. The Kier molecular flexibility index (Phi) is 26.6.